The highest BCUT2D eigenvalue weighted by Gasteiger charge is 2.32. The SMILES string of the molecule is CC1(C)COc2ccc(C(O)c3ccc(Br)c(F)c3)cc21. The van der Waals surface area contributed by atoms with Crippen LogP contribution >= 0.6 is 15.9 Å². The molecular weight excluding hydrogens is 335 g/mol. The maximum atomic E-state index is 13.6. The number of hydrogen-bond acceptors (Lipinski definition) is 2. The second-order valence-corrected chi connectivity index (χ2v) is 6.86. The molecule has 2 aromatic rings. The van der Waals surface area contributed by atoms with Gasteiger partial charge in [0.2, 0.25) is 0 Å². The maximum Gasteiger partial charge on any atom is 0.137 e. The second kappa shape index (κ2) is 5.11. The normalized spacial score (nSPS) is 17.2. The molecule has 0 spiro atoms. The minimum absolute atomic E-state index is 0.0734. The van der Waals surface area contributed by atoms with E-state index in [1.54, 1.807) is 12.1 Å². The van der Waals surface area contributed by atoms with Gasteiger partial charge >= 0.3 is 0 Å². The Morgan fingerprint density at radius 1 is 1.19 bits per heavy atom. The predicted molar refractivity (Wildman–Crippen MR) is 83.1 cm³/mol. The van der Waals surface area contributed by atoms with Crippen LogP contribution in [-0.4, -0.2) is 11.7 Å². The summed E-state index contributed by atoms with van der Waals surface area (Å²) in [5, 5.41) is 10.5. The number of fused-ring (bicyclic) bond motifs is 1. The summed E-state index contributed by atoms with van der Waals surface area (Å²) in [6.07, 6.45) is -0.853. The van der Waals surface area contributed by atoms with Crippen LogP contribution in [0.5, 0.6) is 5.75 Å². The Kier molecular flexibility index (Phi) is 3.54. The molecule has 110 valence electrons. The number of aliphatic hydroxyl groups is 1. The van der Waals surface area contributed by atoms with E-state index in [0.717, 1.165) is 16.9 Å². The van der Waals surface area contributed by atoms with Crippen LogP contribution in [0.15, 0.2) is 40.9 Å². The molecule has 0 bridgehead atoms. The third-order valence-corrected chi connectivity index (χ3v) is 4.54. The third kappa shape index (κ3) is 2.58. The highest BCUT2D eigenvalue weighted by molar-refractivity contribution is 9.10. The zero-order valence-corrected chi connectivity index (χ0v) is 13.4. The van der Waals surface area contributed by atoms with Crippen molar-refractivity contribution in [2.24, 2.45) is 0 Å². The molecule has 1 aliphatic rings. The highest BCUT2D eigenvalue weighted by Crippen LogP contribution is 2.40. The van der Waals surface area contributed by atoms with Crippen molar-refractivity contribution in [3.8, 4) is 5.75 Å². The van der Waals surface area contributed by atoms with Crippen molar-refractivity contribution in [2.75, 3.05) is 6.61 Å². The molecule has 0 saturated carbocycles. The van der Waals surface area contributed by atoms with Crippen molar-refractivity contribution in [3.05, 3.63) is 63.4 Å². The molecule has 0 saturated heterocycles. The van der Waals surface area contributed by atoms with Gasteiger partial charge in [-0.05, 0) is 51.3 Å². The van der Waals surface area contributed by atoms with Crippen LogP contribution < -0.4 is 4.74 Å². The van der Waals surface area contributed by atoms with Gasteiger partial charge in [0.25, 0.3) is 0 Å². The smallest absolute Gasteiger partial charge is 0.137 e. The average molecular weight is 351 g/mol. The van der Waals surface area contributed by atoms with Crippen LogP contribution in [0, 0.1) is 5.82 Å². The first-order valence-corrected chi connectivity index (χ1v) is 7.58. The summed E-state index contributed by atoms with van der Waals surface area (Å²) in [6, 6.07) is 10.3. The molecule has 2 nitrogen and oxygen atoms in total. The molecule has 0 aliphatic carbocycles. The van der Waals surface area contributed by atoms with Crippen molar-refractivity contribution >= 4 is 15.9 Å². The topological polar surface area (TPSA) is 29.5 Å². The Balaban J connectivity index is 1.99. The van der Waals surface area contributed by atoms with E-state index >= 15 is 0 Å². The second-order valence-electron chi connectivity index (χ2n) is 6.00. The van der Waals surface area contributed by atoms with Gasteiger partial charge in [-0.15, -0.1) is 0 Å². The molecule has 1 unspecified atom stereocenters. The monoisotopic (exact) mass is 350 g/mol. The van der Waals surface area contributed by atoms with Crippen LogP contribution in [0.4, 0.5) is 4.39 Å². The van der Waals surface area contributed by atoms with Gasteiger partial charge in [0.15, 0.2) is 0 Å². The van der Waals surface area contributed by atoms with Crippen molar-refractivity contribution in [3.63, 3.8) is 0 Å². The summed E-state index contributed by atoms with van der Waals surface area (Å²) >= 11 is 3.12. The minimum atomic E-state index is -0.853. The van der Waals surface area contributed by atoms with E-state index in [2.05, 4.69) is 29.8 Å². The lowest BCUT2D eigenvalue weighted by Crippen LogP contribution is -2.18. The number of aliphatic hydroxyl groups excluding tert-OH is 1. The summed E-state index contributed by atoms with van der Waals surface area (Å²) in [6.45, 7) is 4.84. The van der Waals surface area contributed by atoms with Crippen LogP contribution in [0.2, 0.25) is 0 Å². The Morgan fingerprint density at radius 3 is 2.57 bits per heavy atom. The zero-order chi connectivity index (χ0) is 15.2. The molecule has 0 aromatic heterocycles. The van der Waals surface area contributed by atoms with E-state index in [9.17, 15) is 9.50 Å². The van der Waals surface area contributed by atoms with Gasteiger partial charge in [-0.25, -0.2) is 4.39 Å². The Bertz CT molecular complexity index is 697. The van der Waals surface area contributed by atoms with Gasteiger partial charge in [-0.1, -0.05) is 26.0 Å². The summed E-state index contributed by atoms with van der Waals surface area (Å²) in [5.41, 5.74) is 2.29. The van der Waals surface area contributed by atoms with E-state index in [4.69, 9.17) is 4.74 Å². The summed E-state index contributed by atoms with van der Waals surface area (Å²) in [7, 11) is 0. The molecule has 1 atom stereocenters. The Hall–Kier alpha value is -1.39. The van der Waals surface area contributed by atoms with Crippen molar-refractivity contribution < 1.29 is 14.2 Å². The molecule has 1 heterocycles. The van der Waals surface area contributed by atoms with Gasteiger partial charge in [0.1, 0.15) is 17.7 Å². The van der Waals surface area contributed by atoms with Crippen LogP contribution in [0.3, 0.4) is 0 Å². The first kappa shape index (κ1) is 14.5. The lowest BCUT2D eigenvalue weighted by Gasteiger charge is -2.18. The lowest BCUT2D eigenvalue weighted by atomic mass is 9.85. The molecule has 0 radical (unpaired) electrons. The molecule has 0 fully saturated rings. The Labute approximate surface area is 131 Å². The summed E-state index contributed by atoms with van der Waals surface area (Å²) < 4.78 is 19.7. The largest absolute Gasteiger partial charge is 0.492 e. The van der Waals surface area contributed by atoms with E-state index in [-0.39, 0.29) is 11.2 Å². The molecule has 3 rings (SSSR count). The van der Waals surface area contributed by atoms with E-state index in [1.807, 2.05) is 18.2 Å². The molecule has 21 heavy (non-hydrogen) atoms. The fraction of sp³-hybridized carbons (Fsp3) is 0.294. The number of benzene rings is 2. The van der Waals surface area contributed by atoms with Gasteiger partial charge in [0.05, 0.1) is 11.1 Å². The number of ether oxygens (including phenoxy) is 1. The standard InChI is InChI=1S/C17H16BrFO2/c1-17(2)9-21-15-6-4-10(7-12(15)17)16(20)11-3-5-13(18)14(19)8-11/h3-8,16,20H,9H2,1-2H3. The minimum Gasteiger partial charge on any atom is -0.492 e. The van der Waals surface area contributed by atoms with Crippen LogP contribution in [0.1, 0.15) is 36.6 Å². The van der Waals surface area contributed by atoms with Crippen molar-refractivity contribution in [1.29, 1.82) is 0 Å². The van der Waals surface area contributed by atoms with E-state index < -0.39 is 6.10 Å². The highest BCUT2D eigenvalue weighted by atomic mass is 79.9. The number of halogens is 2. The first-order valence-electron chi connectivity index (χ1n) is 6.79. The van der Waals surface area contributed by atoms with Gasteiger partial charge < -0.3 is 9.84 Å². The fourth-order valence-corrected chi connectivity index (χ4v) is 2.83. The summed E-state index contributed by atoms with van der Waals surface area (Å²) in [5.74, 6) is 0.481. The lowest BCUT2D eigenvalue weighted by molar-refractivity contribution is 0.219. The molecule has 1 N–H and O–H groups in total. The van der Waals surface area contributed by atoms with Crippen molar-refractivity contribution in [1.82, 2.24) is 0 Å². The molecule has 4 heteroatoms. The molecule has 2 aromatic carbocycles. The van der Waals surface area contributed by atoms with E-state index in [0.29, 0.717) is 16.6 Å². The average Bonchev–Trinajstić information content (AvgIpc) is 2.76. The third-order valence-electron chi connectivity index (χ3n) is 3.90. The van der Waals surface area contributed by atoms with Crippen LogP contribution in [-0.2, 0) is 5.41 Å². The number of hydrogen-bond donors (Lipinski definition) is 1. The Morgan fingerprint density at radius 2 is 1.86 bits per heavy atom. The predicted octanol–water partition coefficient (Wildman–Crippen LogP) is 4.34. The molecular formula is C17H16BrFO2. The molecule has 0 amide bonds. The van der Waals surface area contributed by atoms with Gasteiger partial charge in [-0.3, -0.25) is 0 Å². The quantitative estimate of drug-likeness (QED) is 0.872. The molecule has 1 aliphatic heterocycles. The maximum absolute atomic E-state index is 13.6. The van der Waals surface area contributed by atoms with Gasteiger partial charge in [0, 0.05) is 11.0 Å². The first-order chi connectivity index (χ1) is 9.88. The van der Waals surface area contributed by atoms with Gasteiger partial charge in [-0.2, -0.15) is 0 Å². The van der Waals surface area contributed by atoms with Crippen LogP contribution in [0.25, 0.3) is 0 Å². The van der Waals surface area contributed by atoms with Crippen molar-refractivity contribution in [2.45, 2.75) is 25.4 Å². The fourth-order valence-electron chi connectivity index (χ4n) is 2.58. The zero-order valence-electron chi connectivity index (χ0n) is 11.9. The number of rotatable bonds is 2. The summed E-state index contributed by atoms with van der Waals surface area (Å²) in [4.78, 5) is 0. The van der Waals surface area contributed by atoms with E-state index in [1.165, 1.54) is 6.07 Å².